The number of rotatable bonds is 5. The lowest BCUT2D eigenvalue weighted by Crippen LogP contribution is -2.12. The highest BCUT2D eigenvalue weighted by Gasteiger charge is 2.15. The van der Waals surface area contributed by atoms with Gasteiger partial charge in [0.2, 0.25) is 0 Å². The second-order valence-corrected chi connectivity index (χ2v) is 8.02. The Kier molecular flexibility index (Phi) is 4.96. The number of carbonyl (C=O) groups excluding carboxylic acids is 1. The number of hydrogen-bond acceptors (Lipinski definition) is 7. The van der Waals surface area contributed by atoms with Gasteiger partial charge in [-0.25, -0.2) is 4.98 Å². The molecule has 24 heavy (non-hydrogen) atoms. The number of anilines is 1. The van der Waals surface area contributed by atoms with E-state index in [-0.39, 0.29) is 11.9 Å². The van der Waals surface area contributed by atoms with Gasteiger partial charge >= 0.3 is 6.01 Å². The van der Waals surface area contributed by atoms with Crippen molar-refractivity contribution in [1.82, 2.24) is 15.2 Å². The number of nitrogens with zero attached hydrogens (tertiary/aromatic N) is 3. The molecule has 3 aromatic rings. The van der Waals surface area contributed by atoms with Gasteiger partial charge in [0.25, 0.3) is 11.8 Å². The molecule has 6 nitrogen and oxygen atoms in total. The van der Waals surface area contributed by atoms with Crippen LogP contribution >= 0.6 is 23.1 Å². The number of hydrogen-bond donors (Lipinski definition) is 1. The van der Waals surface area contributed by atoms with E-state index in [2.05, 4.69) is 34.3 Å². The Balaban J connectivity index is 1.72. The Morgan fingerprint density at radius 3 is 2.88 bits per heavy atom. The van der Waals surface area contributed by atoms with E-state index in [0.29, 0.717) is 22.4 Å². The zero-order valence-corrected chi connectivity index (χ0v) is 15.1. The number of nitrogens with one attached hydrogen (secondary N) is 1. The first-order chi connectivity index (χ1) is 11.5. The first-order valence-corrected chi connectivity index (χ1v) is 9.11. The van der Waals surface area contributed by atoms with Gasteiger partial charge in [-0.15, -0.1) is 28.2 Å². The smallest absolute Gasteiger partial charge is 0.322 e. The Morgan fingerprint density at radius 1 is 1.33 bits per heavy atom. The van der Waals surface area contributed by atoms with E-state index in [0.717, 1.165) is 9.90 Å². The van der Waals surface area contributed by atoms with Crippen LogP contribution in [0, 0.1) is 6.92 Å². The summed E-state index contributed by atoms with van der Waals surface area (Å²) in [6, 6.07) is 7.50. The van der Waals surface area contributed by atoms with Crippen LogP contribution in [0.2, 0.25) is 0 Å². The maximum atomic E-state index is 12.3. The molecule has 0 atom stereocenters. The van der Waals surface area contributed by atoms with Crippen molar-refractivity contribution in [3.8, 4) is 11.6 Å². The summed E-state index contributed by atoms with van der Waals surface area (Å²) in [4.78, 5) is 17.7. The van der Waals surface area contributed by atoms with Crippen molar-refractivity contribution in [2.45, 2.75) is 30.9 Å². The summed E-state index contributed by atoms with van der Waals surface area (Å²) in [5.74, 6) is 0.00429. The summed E-state index contributed by atoms with van der Waals surface area (Å²) < 4.78 is 5.45. The molecule has 124 valence electrons. The fourth-order valence-corrected chi connectivity index (χ4v) is 3.47. The topological polar surface area (TPSA) is 80.9 Å². The minimum Gasteiger partial charge on any atom is -0.401 e. The molecule has 0 aliphatic carbocycles. The third-order valence-electron chi connectivity index (χ3n) is 2.95. The number of thioether (sulfide) groups is 1. The van der Waals surface area contributed by atoms with Crippen molar-refractivity contribution in [1.29, 1.82) is 0 Å². The van der Waals surface area contributed by atoms with Gasteiger partial charge in [0, 0.05) is 21.1 Å². The first-order valence-electron chi connectivity index (χ1n) is 7.35. The molecular formula is C16H16N4O2S2. The Bertz CT molecular complexity index is 857. The summed E-state index contributed by atoms with van der Waals surface area (Å²) in [6.07, 6.45) is 0. The van der Waals surface area contributed by atoms with E-state index >= 15 is 0 Å². The van der Waals surface area contributed by atoms with Crippen LogP contribution in [0.3, 0.4) is 0 Å². The maximum absolute atomic E-state index is 12.3. The monoisotopic (exact) mass is 360 g/mol. The number of carbonyl (C=O) groups is 1. The summed E-state index contributed by atoms with van der Waals surface area (Å²) in [5, 5.41) is 13.6. The first kappa shape index (κ1) is 16.7. The van der Waals surface area contributed by atoms with Gasteiger partial charge in [0.1, 0.15) is 5.69 Å². The summed E-state index contributed by atoms with van der Waals surface area (Å²) in [5.41, 5.74) is 1.16. The van der Waals surface area contributed by atoms with Crippen molar-refractivity contribution in [3.63, 3.8) is 0 Å². The molecule has 0 bridgehead atoms. The van der Waals surface area contributed by atoms with Crippen LogP contribution in [0.25, 0.3) is 11.6 Å². The summed E-state index contributed by atoms with van der Waals surface area (Å²) in [7, 11) is 0. The number of aromatic nitrogens is 3. The molecule has 1 amide bonds. The Labute approximate surface area is 147 Å². The molecule has 0 aliphatic heterocycles. The van der Waals surface area contributed by atoms with Crippen LogP contribution in [-0.4, -0.2) is 26.3 Å². The molecule has 0 unspecified atom stereocenters. The highest BCUT2D eigenvalue weighted by molar-refractivity contribution is 7.99. The van der Waals surface area contributed by atoms with Crippen LogP contribution in [-0.2, 0) is 0 Å². The SMILES string of the molecule is Cc1nc(-c2nnc(NC(=O)c3cccc(SC(C)C)c3)o2)cs1. The van der Waals surface area contributed by atoms with E-state index in [1.165, 1.54) is 11.3 Å². The van der Waals surface area contributed by atoms with Crippen molar-refractivity contribution in [2.75, 3.05) is 5.32 Å². The average Bonchev–Trinajstić information content (AvgIpc) is 3.16. The molecule has 0 fully saturated rings. The lowest BCUT2D eigenvalue weighted by molar-refractivity contribution is 0.102. The lowest BCUT2D eigenvalue weighted by Gasteiger charge is -2.06. The van der Waals surface area contributed by atoms with Crippen LogP contribution < -0.4 is 5.32 Å². The van der Waals surface area contributed by atoms with E-state index in [9.17, 15) is 4.79 Å². The van der Waals surface area contributed by atoms with E-state index < -0.39 is 0 Å². The maximum Gasteiger partial charge on any atom is 0.322 e. The van der Waals surface area contributed by atoms with Crippen LogP contribution in [0.15, 0.2) is 39.0 Å². The van der Waals surface area contributed by atoms with E-state index in [1.54, 1.807) is 17.8 Å². The van der Waals surface area contributed by atoms with Gasteiger partial charge in [-0.05, 0) is 25.1 Å². The zero-order valence-electron chi connectivity index (χ0n) is 13.4. The largest absolute Gasteiger partial charge is 0.401 e. The van der Waals surface area contributed by atoms with Crippen molar-refractivity contribution < 1.29 is 9.21 Å². The molecule has 0 aliphatic rings. The molecule has 0 saturated carbocycles. The van der Waals surface area contributed by atoms with Crippen LogP contribution in [0.4, 0.5) is 6.01 Å². The molecule has 1 N–H and O–H groups in total. The predicted molar refractivity (Wildman–Crippen MR) is 95.5 cm³/mol. The summed E-state index contributed by atoms with van der Waals surface area (Å²) >= 11 is 3.20. The molecule has 2 aromatic heterocycles. The third-order valence-corrected chi connectivity index (χ3v) is 4.72. The number of thiazole rings is 1. The average molecular weight is 360 g/mol. The molecule has 0 spiro atoms. The molecule has 2 heterocycles. The van der Waals surface area contributed by atoms with Gasteiger partial charge in [-0.2, -0.15) is 0 Å². The normalized spacial score (nSPS) is 11.0. The quantitative estimate of drug-likeness (QED) is 0.685. The fourth-order valence-electron chi connectivity index (χ4n) is 1.99. The highest BCUT2D eigenvalue weighted by Crippen LogP contribution is 2.24. The number of aryl methyl sites for hydroxylation is 1. The van der Waals surface area contributed by atoms with E-state index in [4.69, 9.17) is 4.42 Å². The second kappa shape index (κ2) is 7.14. The second-order valence-electron chi connectivity index (χ2n) is 5.31. The number of benzene rings is 1. The fraction of sp³-hybridized carbons (Fsp3) is 0.250. The lowest BCUT2D eigenvalue weighted by atomic mass is 10.2. The molecule has 3 rings (SSSR count). The van der Waals surface area contributed by atoms with Gasteiger partial charge in [-0.3, -0.25) is 10.1 Å². The molecular weight excluding hydrogens is 344 g/mol. The Morgan fingerprint density at radius 2 is 2.17 bits per heavy atom. The molecule has 1 aromatic carbocycles. The van der Waals surface area contributed by atoms with Gasteiger partial charge < -0.3 is 4.42 Å². The minimum atomic E-state index is -0.286. The minimum absolute atomic E-state index is 0.0579. The van der Waals surface area contributed by atoms with Crippen molar-refractivity contribution in [2.24, 2.45) is 0 Å². The molecule has 0 radical (unpaired) electrons. The third kappa shape index (κ3) is 4.01. The Hall–Kier alpha value is -2.19. The van der Waals surface area contributed by atoms with Crippen molar-refractivity contribution >= 4 is 35.0 Å². The zero-order chi connectivity index (χ0) is 17.1. The van der Waals surface area contributed by atoms with Crippen LogP contribution in [0.1, 0.15) is 29.2 Å². The van der Waals surface area contributed by atoms with Gasteiger partial charge in [0.15, 0.2) is 0 Å². The van der Waals surface area contributed by atoms with Crippen molar-refractivity contribution in [3.05, 3.63) is 40.2 Å². The molecule has 8 heteroatoms. The molecule has 0 saturated heterocycles. The van der Waals surface area contributed by atoms with Crippen LogP contribution in [0.5, 0.6) is 0 Å². The summed E-state index contributed by atoms with van der Waals surface area (Å²) in [6.45, 7) is 6.12. The van der Waals surface area contributed by atoms with Gasteiger partial charge in [0.05, 0.1) is 5.01 Å². The predicted octanol–water partition coefficient (Wildman–Crippen LogP) is 4.25. The number of amides is 1. The highest BCUT2D eigenvalue weighted by atomic mass is 32.2. The standard InChI is InChI=1S/C16H16N4O2S2/c1-9(2)24-12-6-4-5-11(7-12)14(21)18-16-20-19-15(22-16)13-8-23-10(3)17-13/h4-9H,1-3H3,(H,18,20,21). The van der Waals surface area contributed by atoms with E-state index in [1.807, 2.05) is 30.5 Å². The van der Waals surface area contributed by atoms with Gasteiger partial charge in [-0.1, -0.05) is 25.0 Å².